The average Bonchev–Trinajstić information content (AvgIpc) is 2.28. The van der Waals surface area contributed by atoms with Crippen molar-refractivity contribution in [1.29, 1.82) is 0 Å². The predicted molar refractivity (Wildman–Crippen MR) is 79.1 cm³/mol. The third kappa shape index (κ3) is 4.23. The monoisotopic (exact) mass is 265 g/mol. The summed E-state index contributed by atoms with van der Waals surface area (Å²) in [5.41, 5.74) is 0.771. The molecule has 0 fully saturated rings. The minimum Gasteiger partial charge on any atom is -0.349 e. The molecule has 0 N–H and O–H groups in total. The van der Waals surface area contributed by atoms with E-state index in [-0.39, 0.29) is 11.2 Å². The van der Waals surface area contributed by atoms with Gasteiger partial charge >= 0.3 is 0 Å². The molecular formula is C15H24FN3. The van der Waals surface area contributed by atoms with Gasteiger partial charge in [-0.3, -0.25) is 4.99 Å². The molecule has 0 aliphatic carbocycles. The normalized spacial score (nSPS) is 11.1. The zero-order chi connectivity index (χ0) is 14.6. The van der Waals surface area contributed by atoms with Crippen molar-refractivity contribution in [3.8, 4) is 0 Å². The molecule has 0 amide bonds. The van der Waals surface area contributed by atoms with Crippen molar-refractivity contribution in [3.05, 3.63) is 35.6 Å². The van der Waals surface area contributed by atoms with Gasteiger partial charge in [0.25, 0.3) is 0 Å². The van der Waals surface area contributed by atoms with E-state index in [9.17, 15) is 4.39 Å². The lowest BCUT2D eigenvalue weighted by Crippen LogP contribution is -2.36. The summed E-state index contributed by atoms with van der Waals surface area (Å²) in [6.45, 7) is 4.77. The lowest BCUT2D eigenvalue weighted by atomic mass is 9.85. The van der Waals surface area contributed by atoms with Gasteiger partial charge in [-0.1, -0.05) is 26.0 Å². The number of guanidine groups is 1. The Labute approximate surface area is 115 Å². The first-order valence-corrected chi connectivity index (χ1v) is 6.39. The summed E-state index contributed by atoms with van der Waals surface area (Å²) in [6, 6.07) is 6.74. The molecular weight excluding hydrogens is 241 g/mol. The molecule has 3 nitrogen and oxygen atoms in total. The van der Waals surface area contributed by atoms with E-state index >= 15 is 0 Å². The topological polar surface area (TPSA) is 18.8 Å². The Morgan fingerprint density at radius 3 is 2.21 bits per heavy atom. The van der Waals surface area contributed by atoms with Gasteiger partial charge in [-0.25, -0.2) is 4.39 Å². The highest BCUT2D eigenvalue weighted by atomic mass is 19.1. The van der Waals surface area contributed by atoms with Crippen molar-refractivity contribution in [3.63, 3.8) is 0 Å². The molecule has 0 aliphatic rings. The first-order chi connectivity index (χ1) is 8.74. The van der Waals surface area contributed by atoms with Crippen LogP contribution in [0.1, 0.15) is 19.4 Å². The Kier molecular flexibility index (Phi) is 4.92. The number of hydrogen-bond donors (Lipinski definition) is 0. The number of aliphatic imine (C=N–C) groups is 1. The van der Waals surface area contributed by atoms with E-state index in [4.69, 9.17) is 0 Å². The fraction of sp³-hybridized carbons (Fsp3) is 0.533. The molecule has 19 heavy (non-hydrogen) atoms. The van der Waals surface area contributed by atoms with E-state index < -0.39 is 0 Å². The number of rotatable bonds is 3. The maximum absolute atomic E-state index is 13.3. The van der Waals surface area contributed by atoms with Crippen LogP contribution in [-0.2, 0) is 5.41 Å². The summed E-state index contributed by atoms with van der Waals surface area (Å²) >= 11 is 0. The van der Waals surface area contributed by atoms with E-state index in [1.807, 2.05) is 44.1 Å². The second kappa shape index (κ2) is 6.04. The van der Waals surface area contributed by atoms with E-state index in [1.165, 1.54) is 6.07 Å². The van der Waals surface area contributed by atoms with Gasteiger partial charge in [-0.2, -0.15) is 0 Å². The van der Waals surface area contributed by atoms with Crippen LogP contribution in [0.15, 0.2) is 29.3 Å². The standard InChI is InChI=1S/C15H24FN3/c1-15(2,12-8-7-9-13(16)10-12)11-17-14(18(3)4)19(5)6/h7-10H,11H2,1-6H3. The minimum absolute atomic E-state index is 0.195. The van der Waals surface area contributed by atoms with Gasteiger partial charge < -0.3 is 9.80 Å². The van der Waals surface area contributed by atoms with Crippen molar-refractivity contribution in [2.75, 3.05) is 34.7 Å². The predicted octanol–water partition coefficient (Wildman–Crippen LogP) is 2.58. The van der Waals surface area contributed by atoms with Crippen LogP contribution in [0.4, 0.5) is 4.39 Å². The molecule has 0 aromatic heterocycles. The third-order valence-electron chi connectivity index (χ3n) is 3.02. The Morgan fingerprint density at radius 2 is 1.74 bits per heavy atom. The van der Waals surface area contributed by atoms with E-state index in [0.717, 1.165) is 11.5 Å². The molecule has 0 saturated heterocycles. The maximum Gasteiger partial charge on any atom is 0.195 e. The summed E-state index contributed by atoms with van der Waals surface area (Å²) in [6.07, 6.45) is 0. The van der Waals surface area contributed by atoms with Gasteiger partial charge in [0.15, 0.2) is 5.96 Å². The van der Waals surface area contributed by atoms with Crippen molar-refractivity contribution < 1.29 is 4.39 Å². The quantitative estimate of drug-likeness (QED) is 0.618. The van der Waals surface area contributed by atoms with E-state index in [1.54, 1.807) is 12.1 Å². The van der Waals surface area contributed by atoms with Crippen molar-refractivity contribution in [2.45, 2.75) is 19.3 Å². The molecule has 1 aromatic carbocycles. The first kappa shape index (κ1) is 15.5. The zero-order valence-electron chi connectivity index (χ0n) is 12.7. The second-order valence-corrected chi connectivity index (χ2v) is 5.80. The summed E-state index contributed by atoms with van der Waals surface area (Å²) < 4.78 is 13.3. The highest BCUT2D eigenvalue weighted by Crippen LogP contribution is 2.24. The van der Waals surface area contributed by atoms with Crippen LogP contribution in [0.3, 0.4) is 0 Å². The number of halogens is 1. The van der Waals surface area contributed by atoms with Crippen LogP contribution in [0.5, 0.6) is 0 Å². The largest absolute Gasteiger partial charge is 0.349 e. The van der Waals surface area contributed by atoms with Crippen molar-refractivity contribution >= 4 is 5.96 Å². The molecule has 0 unspecified atom stereocenters. The average molecular weight is 265 g/mol. The van der Waals surface area contributed by atoms with Gasteiger partial charge in [-0.15, -0.1) is 0 Å². The summed E-state index contributed by atoms with van der Waals surface area (Å²) in [7, 11) is 7.87. The molecule has 1 aromatic rings. The first-order valence-electron chi connectivity index (χ1n) is 6.39. The van der Waals surface area contributed by atoms with Crippen LogP contribution < -0.4 is 0 Å². The SMILES string of the molecule is CN(C)C(=NCC(C)(C)c1cccc(F)c1)N(C)C. The van der Waals surface area contributed by atoms with Crippen LogP contribution in [0.25, 0.3) is 0 Å². The van der Waals surface area contributed by atoms with Crippen LogP contribution in [0.2, 0.25) is 0 Å². The molecule has 4 heteroatoms. The van der Waals surface area contributed by atoms with E-state index in [2.05, 4.69) is 18.8 Å². The van der Waals surface area contributed by atoms with Gasteiger partial charge in [0.05, 0.1) is 6.54 Å². The molecule has 1 rings (SSSR count). The van der Waals surface area contributed by atoms with Gasteiger partial charge in [0.2, 0.25) is 0 Å². The Balaban J connectivity index is 2.93. The molecule has 0 saturated carbocycles. The van der Waals surface area contributed by atoms with E-state index in [0.29, 0.717) is 6.54 Å². The van der Waals surface area contributed by atoms with Crippen molar-refractivity contribution in [1.82, 2.24) is 9.80 Å². The molecule has 0 heterocycles. The third-order valence-corrected chi connectivity index (χ3v) is 3.02. The molecule has 106 valence electrons. The molecule has 0 atom stereocenters. The highest BCUT2D eigenvalue weighted by molar-refractivity contribution is 5.79. The lowest BCUT2D eigenvalue weighted by Gasteiger charge is -2.27. The Hall–Kier alpha value is -1.58. The van der Waals surface area contributed by atoms with Crippen molar-refractivity contribution in [2.24, 2.45) is 4.99 Å². The fourth-order valence-corrected chi connectivity index (χ4v) is 1.95. The summed E-state index contributed by atoms with van der Waals surface area (Å²) in [5, 5.41) is 0. The van der Waals surface area contributed by atoms with Crippen LogP contribution in [-0.4, -0.2) is 50.5 Å². The van der Waals surface area contributed by atoms with Crippen LogP contribution >= 0.6 is 0 Å². The molecule has 0 spiro atoms. The van der Waals surface area contributed by atoms with Crippen LogP contribution in [0, 0.1) is 5.82 Å². The smallest absolute Gasteiger partial charge is 0.195 e. The molecule has 0 aliphatic heterocycles. The summed E-state index contributed by atoms with van der Waals surface area (Å²) in [4.78, 5) is 8.59. The van der Waals surface area contributed by atoms with Gasteiger partial charge in [0.1, 0.15) is 5.82 Å². The minimum atomic E-state index is -0.199. The Morgan fingerprint density at radius 1 is 1.16 bits per heavy atom. The Bertz CT molecular complexity index is 440. The van der Waals surface area contributed by atoms with Gasteiger partial charge in [0, 0.05) is 33.6 Å². The lowest BCUT2D eigenvalue weighted by molar-refractivity contribution is 0.464. The second-order valence-electron chi connectivity index (χ2n) is 5.80. The zero-order valence-corrected chi connectivity index (χ0v) is 12.7. The maximum atomic E-state index is 13.3. The number of hydrogen-bond acceptors (Lipinski definition) is 1. The highest BCUT2D eigenvalue weighted by Gasteiger charge is 2.21. The fourth-order valence-electron chi connectivity index (χ4n) is 1.95. The van der Waals surface area contributed by atoms with Gasteiger partial charge in [-0.05, 0) is 17.7 Å². The number of nitrogens with zero attached hydrogens (tertiary/aromatic N) is 3. The summed E-state index contributed by atoms with van der Waals surface area (Å²) in [5.74, 6) is 0.708. The molecule has 0 radical (unpaired) electrons. The molecule has 0 bridgehead atoms. The number of benzene rings is 1.